The molecule has 0 aliphatic carbocycles. The van der Waals surface area contributed by atoms with Crippen molar-refractivity contribution in [2.24, 2.45) is 5.92 Å². The van der Waals surface area contributed by atoms with Gasteiger partial charge < -0.3 is 0 Å². The van der Waals surface area contributed by atoms with Crippen LogP contribution in [-0.2, 0) is 11.2 Å². The van der Waals surface area contributed by atoms with E-state index < -0.39 is 24.7 Å². The lowest BCUT2D eigenvalue weighted by molar-refractivity contribution is -0.120. The van der Waals surface area contributed by atoms with E-state index in [0.717, 1.165) is 0 Å². The van der Waals surface area contributed by atoms with Crippen LogP contribution in [0.5, 0.6) is 0 Å². The molecule has 5 nitrogen and oxygen atoms in total. The molecule has 0 saturated carbocycles. The molecule has 2 aromatic rings. The van der Waals surface area contributed by atoms with Crippen LogP contribution in [0.4, 0.5) is 19.1 Å². The van der Waals surface area contributed by atoms with Crippen LogP contribution >= 0.6 is 0 Å². The van der Waals surface area contributed by atoms with E-state index in [4.69, 9.17) is 0 Å². The Kier molecular flexibility index (Phi) is 5.13. The molecule has 0 saturated heterocycles. The average molecular weight is 312 g/mol. The Bertz CT molecular complexity index is 645. The van der Waals surface area contributed by atoms with Gasteiger partial charge in [-0.2, -0.15) is 4.98 Å². The first kappa shape index (κ1) is 16.0. The number of carbonyl (C=O) groups excluding carboxylic acids is 1. The van der Waals surface area contributed by atoms with Crippen LogP contribution in [0.1, 0.15) is 24.7 Å². The van der Waals surface area contributed by atoms with Gasteiger partial charge in [0.25, 0.3) is 0 Å². The van der Waals surface area contributed by atoms with Crippen molar-refractivity contribution in [2.45, 2.75) is 26.2 Å². The highest BCUT2D eigenvalue weighted by Gasteiger charge is 2.19. The second kappa shape index (κ2) is 7.06. The second-order valence-electron chi connectivity index (χ2n) is 4.93. The highest BCUT2D eigenvalue weighted by molar-refractivity contribution is 5.90. The summed E-state index contributed by atoms with van der Waals surface area (Å²) in [6, 6.07) is 6.01. The van der Waals surface area contributed by atoms with E-state index in [9.17, 15) is 18.0 Å². The van der Waals surface area contributed by atoms with Crippen molar-refractivity contribution in [1.82, 2.24) is 15.2 Å². The van der Waals surface area contributed by atoms with Crippen LogP contribution in [0.25, 0.3) is 0 Å². The fraction of sp³-hybridized carbons (Fsp3) is 0.357. The number of rotatable bonds is 6. The lowest BCUT2D eigenvalue weighted by Crippen LogP contribution is -2.22. The first-order chi connectivity index (χ1) is 10.4. The van der Waals surface area contributed by atoms with Gasteiger partial charge >= 0.3 is 0 Å². The maximum absolute atomic E-state index is 13.1. The minimum Gasteiger partial charge on any atom is -0.293 e. The van der Waals surface area contributed by atoms with Gasteiger partial charge in [0.15, 0.2) is 0 Å². The van der Waals surface area contributed by atoms with Crippen LogP contribution in [0.2, 0.25) is 0 Å². The molecule has 1 aromatic carbocycles. The molecular weight excluding hydrogens is 297 g/mol. The molecule has 0 aliphatic rings. The smallest absolute Gasteiger partial charge is 0.248 e. The molecule has 0 spiro atoms. The molecule has 0 radical (unpaired) electrons. The molecule has 0 bridgehead atoms. The Balaban J connectivity index is 1.95. The van der Waals surface area contributed by atoms with Gasteiger partial charge in [-0.05, 0) is 17.7 Å². The average Bonchev–Trinajstić information content (AvgIpc) is 2.85. The van der Waals surface area contributed by atoms with E-state index >= 15 is 0 Å². The number of carbonyl (C=O) groups is 1. The van der Waals surface area contributed by atoms with Gasteiger partial charge in [0, 0.05) is 18.8 Å². The zero-order valence-corrected chi connectivity index (χ0v) is 11.8. The Morgan fingerprint density at radius 1 is 1.41 bits per heavy atom. The molecule has 1 unspecified atom stereocenters. The highest BCUT2D eigenvalue weighted by Crippen LogP contribution is 2.13. The zero-order valence-electron chi connectivity index (χ0n) is 11.8. The third-order valence-corrected chi connectivity index (χ3v) is 3.01. The number of nitrogens with zero attached hydrogens (tertiary/aromatic N) is 2. The number of aromatic nitrogens is 3. The number of halogens is 3. The maximum Gasteiger partial charge on any atom is 0.248 e. The summed E-state index contributed by atoms with van der Waals surface area (Å²) in [6.45, 7) is 1.40. The zero-order chi connectivity index (χ0) is 16.1. The largest absolute Gasteiger partial charge is 0.293 e. The SMILES string of the molecule is CC(CC(F)F)C(=O)Nc1n[nH]c(Cc2cccc(F)c2)n1. The van der Waals surface area contributed by atoms with Crippen molar-refractivity contribution in [1.29, 1.82) is 0 Å². The summed E-state index contributed by atoms with van der Waals surface area (Å²) in [5, 5.41) is 8.76. The number of alkyl halides is 2. The molecule has 1 aromatic heterocycles. The summed E-state index contributed by atoms with van der Waals surface area (Å²) in [4.78, 5) is 15.7. The minimum atomic E-state index is -2.54. The summed E-state index contributed by atoms with van der Waals surface area (Å²) >= 11 is 0. The van der Waals surface area contributed by atoms with Gasteiger partial charge in [0.1, 0.15) is 11.6 Å². The molecule has 2 rings (SSSR count). The van der Waals surface area contributed by atoms with Crippen molar-refractivity contribution in [3.05, 3.63) is 41.5 Å². The van der Waals surface area contributed by atoms with Crippen LogP contribution in [0.3, 0.4) is 0 Å². The van der Waals surface area contributed by atoms with Crippen LogP contribution in [0, 0.1) is 11.7 Å². The summed E-state index contributed by atoms with van der Waals surface area (Å²) < 4.78 is 37.5. The molecule has 1 atom stereocenters. The normalized spacial score (nSPS) is 12.4. The van der Waals surface area contributed by atoms with E-state index in [1.165, 1.54) is 19.1 Å². The van der Waals surface area contributed by atoms with Crippen molar-refractivity contribution in [3.63, 3.8) is 0 Å². The summed E-state index contributed by atoms with van der Waals surface area (Å²) in [5.41, 5.74) is 0.695. The number of H-pyrrole nitrogens is 1. The number of aromatic amines is 1. The minimum absolute atomic E-state index is 0.0116. The molecule has 2 N–H and O–H groups in total. The number of anilines is 1. The number of amides is 1. The molecule has 1 heterocycles. The topological polar surface area (TPSA) is 70.7 Å². The summed E-state index contributed by atoms with van der Waals surface area (Å²) in [6.07, 6.45) is -2.75. The third-order valence-electron chi connectivity index (χ3n) is 3.01. The van der Waals surface area contributed by atoms with Crippen LogP contribution in [0.15, 0.2) is 24.3 Å². The number of nitrogens with one attached hydrogen (secondary N) is 2. The number of benzene rings is 1. The number of hydrogen-bond acceptors (Lipinski definition) is 3. The lowest BCUT2D eigenvalue weighted by atomic mass is 10.1. The Labute approximate surface area is 125 Å². The Morgan fingerprint density at radius 2 is 2.18 bits per heavy atom. The monoisotopic (exact) mass is 312 g/mol. The Morgan fingerprint density at radius 3 is 2.86 bits per heavy atom. The predicted octanol–water partition coefficient (Wildman–Crippen LogP) is 2.76. The quantitative estimate of drug-likeness (QED) is 0.861. The van der Waals surface area contributed by atoms with Crippen molar-refractivity contribution >= 4 is 11.9 Å². The summed E-state index contributed by atoms with van der Waals surface area (Å²) in [7, 11) is 0. The molecule has 0 aliphatic heterocycles. The lowest BCUT2D eigenvalue weighted by Gasteiger charge is -2.08. The number of hydrogen-bond donors (Lipinski definition) is 2. The predicted molar refractivity (Wildman–Crippen MR) is 74.0 cm³/mol. The second-order valence-corrected chi connectivity index (χ2v) is 4.93. The van der Waals surface area contributed by atoms with Gasteiger partial charge in [-0.1, -0.05) is 19.1 Å². The van der Waals surface area contributed by atoms with Gasteiger partial charge in [-0.15, -0.1) is 5.10 Å². The fourth-order valence-electron chi connectivity index (χ4n) is 1.88. The maximum atomic E-state index is 13.1. The van der Waals surface area contributed by atoms with Crippen LogP contribution in [-0.4, -0.2) is 27.5 Å². The Hall–Kier alpha value is -2.38. The first-order valence-corrected chi connectivity index (χ1v) is 6.68. The van der Waals surface area contributed by atoms with Crippen molar-refractivity contribution in [3.8, 4) is 0 Å². The van der Waals surface area contributed by atoms with E-state index in [1.54, 1.807) is 12.1 Å². The fourth-order valence-corrected chi connectivity index (χ4v) is 1.88. The van der Waals surface area contributed by atoms with E-state index in [-0.39, 0.29) is 11.8 Å². The highest BCUT2D eigenvalue weighted by atomic mass is 19.3. The molecule has 118 valence electrons. The molecule has 22 heavy (non-hydrogen) atoms. The van der Waals surface area contributed by atoms with E-state index in [2.05, 4.69) is 20.5 Å². The standard InChI is InChI=1S/C14H15F3N4O/c1-8(5-11(16)17)13(22)19-14-18-12(20-21-14)7-9-3-2-4-10(15)6-9/h2-4,6,8,11H,5,7H2,1H3,(H2,18,19,20,21,22). The van der Waals surface area contributed by atoms with E-state index in [1.807, 2.05) is 0 Å². The molecule has 0 fully saturated rings. The third kappa shape index (κ3) is 4.57. The van der Waals surface area contributed by atoms with Gasteiger partial charge in [0.05, 0.1) is 0 Å². The first-order valence-electron chi connectivity index (χ1n) is 6.68. The molecular formula is C14H15F3N4O. The van der Waals surface area contributed by atoms with Crippen LogP contribution < -0.4 is 5.32 Å². The van der Waals surface area contributed by atoms with Crippen molar-refractivity contribution < 1.29 is 18.0 Å². The van der Waals surface area contributed by atoms with Gasteiger partial charge in [-0.25, -0.2) is 13.2 Å². The molecule has 1 amide bonds. The van der Waals surface area contributed by atoms with Gasteiger partial charge in [0.2, 0.25) is 18.3 Å². The van der Waals surface area contributed by atoms with E-state index in [0.29, 0.717) is 17.8 Å². The summed E-state index contributed by atoms with van der Waals surface area (Å²) in [5.74, 6) is -1.33. The van der Waals surface area contributed by atoms with Crippen molar-refractivity contribution in [2.75, 3.05) is 5.32 Å². The molecule has 8 heteroatoms. The van der Waals surface area contributed by atoms with Gasteiger partial charge in [-0.3, -0.25) is 15.2 Å².